The normalized spacial score (nSPS) is 39.5. The maximum Gasteiger partial charge on any atom is 0.353 e. The summed E-state index contributed by atoms with van der Waals surface area (Å²) in [6, 6.07) is 0.269. The third kappa shape index (κ3) is 3.38. The number of aliphatic hydroxyl groups is 1. The van der Waals surface area contributed by atoms with Gasteiger partial charge in [-0.1, -0.05) is 6.92 Å². The van der Waals surface area contributed by atoms with Crippen molar-refractivity contribution in [1.82, 2.24) is 15.5 Å². The number of hydrogen-bond acceptors (Lipinski definition) is 6. The highest BCUT2D eigenvalue weighted by Crippen LogP contribution is 2.52. The van der Waals surface area contributed by atoms with Crippen LogP contribution in [-0.2, 0) is 9.59 Å². The molecule has 0 bridgehead atoms. The summed E-state index contributed by atoms with van der Waals surface area (Å²) in [6.45, 7) is 6.66. The number of carbonyl (C=O) groups is 2. The summed E-state index contributed by atoms with van der Waals surface area (Å²) in [6.07, 6.45) is 3.93. The van der Waals surface area contributed by atoms with Crippen molar-refractivity contribution in [1.29, 1.82) is 0 Å². The minimum Gasteiger partial charge on any atom is -0.477 e. The number of hydrogen-bond donors (Lipinski definition) is 4. The fraction of sp³-hybridized carbons (Fsp3) is 0.800. The lowest BCUT2D eigenvalue weighted by molar-refractivity contribution is -0.163. The lowest BCUT2D eigenvalue weighted by atomic mass is 9.79. The standard InChI is InChI=1S/C20H31N3O4S/c1-10-16-15(11(2)24)19(25)23(16)17(20(26)27)18(10)28-13-8-14(22-9-13)12-4-3-6-21-7-5-12/h10-16,21-22,24H,3-9H2,1-2H3,(H,26,27)/t10-,11-,12?,13+,14+,15-,16-/m1/s1. The zero-order chi connectivity index (χ0) is 20.0. The zero-order valence-electron chi connectivity index (χ0n) is 16.6. The van der Waals surface area contributed by atoms with Crippen molar-refractivity contribution in [3.8, 4) is 0 Å². The highest BCUT2D eigenvalue weighted by Gasteiger charge is 2.60. The van der Waals surface area contributed by atoms with Gasteiger partial charge in [0.1, 0.15) is 5.70 Å². The molecule has 7 nitrogen and oxygen atoms in total. The number of carboxylic acids is 1. The molecule has 4 aliphatic heterocycles. The summed E-state index contributed by atoms with van der Waals surface area (Å²) >= 11 is 1.64. The van der Waals surface area contributed by atoms with E-state index in [1.165, 1.54) is 24.2 Å². The van der Waals surface area contributed by atoms with E-state index in [0.717, 1.165) is 31.0 Å². The number of carboxylic acid groups (broad SMARTS) is 1. The molecule has 28 heavy (non-hydrogen) atoms. The average molecular weight is 410 g/mol. The van der Waals surface area contributed by atoms with Gasteiger partial charge in [-0.25, -0.2) is 4.79 Å². The third-order valence-corrected chi connectivity index (χ3v) is 8.43. The molecule has 156 valence electrons. The van der Waals surface area contributed by atoms with Crippen molar-refractivity contribution in [2.45, 2.75) is 63.0 Å². The van der Waals surface area contributed by atoms with E-state index in [1.54, 1.807) is 18.7 Å². The van der Waals surface area contributed by atoms with Gasteiger partial charge < -0.3 is 25.7 Å². The van der Waals surface area contributed by atoms with Gasteiger partial charge in [0.15, 0.2) is 0 Å². The summed E-state index contributed by atoms with van der Waals surface area (Å²) in [7, 11) is 0. The molecule has 4 rings (SSSR count). The van der Waals surface area contributed by atoms with E-state index in [1.807, 2.05) is 6.92 Å². The van der Waals surface area contributed by atoms with Gasteiger partial charge in [0, 0.05) is 28.7 Å². The largest absolute Gasteiger partial charge is 0.477 e. The monoisotopic (exact) mass is 409 g/mol. The van der Waals surface area contributed by atoms with E-state index >= 15 is 0 Å². The van der Waals surface area contributed by atoms with E-state index < -0.39 is 18.0 Å². The SMILES string of the molecule is C[C@@H](O)[C@H]1C(=O)N2C(C(=O)O)=C(S[C@@H]3CN[C@H](C4CCCNCC4)C3)[C@H](C)[C@H]12. The first-order valence-corrected chi connectivity index (χ1v) is 11.4. The van der Waals surface area contributed by atoms with Crippen LogP contribution in [0.1, 0.15) is 39.5 Å². The Morgan fingerprint density at radius 3 is 2.82 bits per heavy atom. The smallest absolute Gasteiger partial charge is 0.353 e. The molecule has 1 unspecified atom stereocenters. The Morgan fingerprint density at radius 1 is 1.32 bits per heavy atom. The number of carbonyl (C=O) groups excluding carboxylic acids is 1. The lowest BCUT2D eigenvalue weighted by Crippen LogP contribution is -2.63. The van der Waals surface area contributed by atoms with Crippen LogP contribution in [0.4, 0.5) is 0 Å². The third-order valence-electron chi connectivity index (χ3n) is 6.92. The molecule has 0 aromatic rings. The van der Waals surface area contributed by atoms with Crippen LogP contribution in [0.2, 0.25) is 0 Å². The molecule has 0 aromatic heterocycles. The molecule has 0 saturated carbocycles. The first-order valence-electron chi connectivity index (χ1n) is 10.5. The minimum atomic E-state index is -1.04. The Hall–Kier alpha value is -1.09. The molecule has 0 aromatic carbocycles. The number of nitrogens with one attached hydrogen (secondary N) is 2. The molecular formula is C20H31N3O4S. The van der Waals surface area contributed by atoms with Crippen LogP contribution in [-0.4, -0.2) is 70.1 Å². The van der Waals surface area contributed by atoms with Gasteiger partial charge in [-0.3, -0.25) is 4.79 Å². The predicted octanol–water partition coefficient (Wildman–Crippen LogP) is 0.993. The molecule has 1 amide bonds. The van der Waals surface area contributed by atoms with Crippen LogP contribution >= 0.6 is 11.8 Å². The van der Waals surface area contributed by atoms with Gasteiger partial charge >= 0.3 is 5.97 Å². The second-order valence-electron chi connectivity index (χ2n) is 8.70. The summed E-state index contributed by atoms with van der Waals surface area (Å²) in [4.78, 5) is 26.6. The van der Waals surface area contributed by atoms with Gasteiger partial charge in [0.25, 0.3) is 0 Å². The number of thioether (sulfide) groups is 1. The quantitative estimate of drug-likeness (QED) is 0.502. The van der Waals surface area contributed by atoms with Crippen molar-refractivity contribution in [2.75, 3.05) is 19.6 Å². The molecule has 0 radical (unpaired) electrons. The Balaban J connectivity index is 1.46. The summed E-state index contributed by atoms with van der Waals surface area (Å²) in [5.74, 6) is -1.15. The first-order chi connectivity index (χ1) is 13.4. The molecule has 8 heteroatoms. The maximum atomic E-state index is 12.5. The number of amides is 1. The molecule has 0 aliphatic carbocycles. The Morgan fingerprint density at radius 2 is 2.11 bits per heavy atom. The Labute approximate surface area is 170 Å². The number of aliphatic hydroxyl groups excluding tert-OH is 1. The van der Waals surface area contributed by atoms with Gasteiger partial charge in [-0.2, -0.15) is 0 Å². The van der Waals surface area contributed by atoms with Crippen molar-refractivity contribution < 1.29 is 19.8 Å². The van der Waals surface area contributed by atoms with Gasteiger partial charge in [0.05, 0.1) is 18.1 Å². The predicted molar refractivity (Wildman–Crippen MR) is 108 cm³/mol. The molecular weight excluding hydrogens is 378 g/mol. The van der Waals surface area contributed by atoms with E-state index in [0.29, 0.717) is 17.2 Å². The fourth-order valence-electron chi connectivity index (χ4n) is 5.49. The molecule has 3 fully saturated rings. The molecule has 3 saturated heterocycles. The number of aliphatic carboxylic acids is 1. The lowest BCUT2D eigenvalue weighted by Gasteiger charge is -2.46. The van der Waals surface area contributed by atoms with Gasteiger partial charge in [-0.15, -0.1) is 11.8 Å². The van der Waals surface area contributed by atoms with Crippen LogP contribution in [0.15, 0.2) is 10.6 Å². The van der Waals surface area contributed by atoms with E-state index in [2.05, 4.69) is 10.6 Å². The molecule has 4 heterocycles. The summed E-state index contributed by atoms with van der Waals surface area (Å²) in [5.41, 5.74) is 0.145. The van der Waals surface area contributed by atoms with E-state index in [-0.39, 0.29) is 23.6 Å². The van der Waals surface area contributed by atoms with Crippen molar-refractivity contribution >= 4 is 23.6 Å². The zero-order valence-corrected chi connectivity index (χ0v) is 17.4. The molecule has 4 aliphatic rings. The fourth-order valence-corrected chi connectivity index (χ4v) is 6.98. The van der Waals surface area contributed by atoms with Crippen LogP contribution in [0.3, 0.4) is 0 Å². The van der Waals surface area contributed by atoms with E-state index in [9.17, 15) is 19.8 Å². The first kappa shape index (κ1) is 20.2. The van der Waals surface area contributed by atoms with Gasteiger partial charge in [-0.05, 0) is 51.6 Å². The number of β-lactam (4-membered cyclic amide) rings is 1. The minimum absolute atomic E-state index is 0.0467. The van der Waals surface area contributed by atoms with Crippen LogP contribution in [0.25, 0.3) is 0 Å². The number of nitrogens with zero attached hydrogens (tertiary/aromatic N) is 1. The van der Waals surface area contributed by atoms with E-state index in [4.69, 9.17) is 0 Å². The topological polar surface area (TPSA) is 102 Å². The van der Waals surface area contributed by atoms with Crippen molar-refractivity contribution in [3.05, 3.63) is 10.6 Å². The Bertz CT molecular complexity index is 674. The van der Waals surface area contributed by atoms with Crippen LogP contribution in [0, 0.1) is 17.8 Å². The van der Waals surface area contributed by atoms with Crippen LogP contribution < -0.4 is 10.6 Å². The van der Waals surface area contributed by atoms with Gasteiger partial charge in [0.2, 0.25) is 5.91 Å². The Kier molecular flexibility index (Phi) is 5.75. The molecule has 4 N–H and O–H groups in total. The maximum absolute atomic E-state index is 12.5. The molecule has 0 spiro atoms. The number of fused-ring (bicyclic) bond motifs is 1. The highest BCUT2D eigenvalue weighted by molar-refractivity contribution is 8.03. The van der Waals surface area contributed by atoms with Crippen molar-refractivity contribution in [3.63, 3.8) is 0 Å². The average Bonchev–Trinajstić information content (AvgIpc) is 3.05. The second-order valence-corrected chi connectivity index (χ2v) is 10.0. The van der Waals surface area contributed by atoms with Crippen molar-refractivity contribution in [2.24, 2.45) is 17.8 Å². The second kappa shape index (κ2) is 7.97. The van der Waals surface area contributed by atoms with Crippen LogP contribution in [0.5, 0.6) is 0 Å². The highest BCUT2D eigenvalue weighted by atomic mass is 32.2. The summed E-state index contributed by atoms with van der Waals surface area (Å²) in [5, 5.41) is 27.2. The number of rotatable bonds is 5. The molecule has 7 atom stereocenters. The summed E-state index contributed by atoms with van der Waals surface area (Å²) < 4.78 is 0.